The van der Waals surface area contributed by atoms with E-state index in [0.717, 1.165) is 12.8 Å². The van der Waals surface area contributed by atoms with E-state index in [1.54, 1.807) is 12.3 Å². The van der Waals surface area contributed by atoms with Crippen LogP contribution in [-0.4, -0.2) is 20.9 Å². The number of hydrogen-bond donors (Lipinski definition) is 1. The van der Waals surface area contributed by atoms with Gasteiger partial charge < -0.3 is 9.52 Å². The second-order valence-electron chi connectivity index (χ2n) is 4.98. The summed E-state index contributed by atoms with van der Waals surface area (Å²) in [5.41, 5.74) is 1.45. The van der Waals surface area contributed by atoms with E-state index in [-0.39, 0.29) is 5.56 Å². The number of furan rings is 1. The number of carbonyl (C=O) groups is 1. The molecule has 0 unspecified atom stereocenters. The molecule has 1 N–H and O–H groups in total. The first-order valence-electron chi connectivity index (χ1n) is 6.60. The van der Waals surface area contributed by atoms with Crippen LogP contribution in [0.25, 0.3) is 11.3 Å². The predicted molar refractivity (Wildman–Crippen MR) is 69.0 cm³/mol. The summed E-state index contributed by atoms with van der Waals surface area (Å²) in [6, 6.07) is 2.06. The summed E-state index contributed by atoms with van der Waals surface area (Å²) in [7, 11) is 0. The third-order valence-corrected chi connectivity index (χ3v) is 3.71. The van der Waals surface area contributed by atoms with Gasteiger partial charge in [0.2, 0.25) is 0 Å². The molecule has 0 saturated heterocycles. The van der Waals surface area contributed by atoms with Crippen LogP contribution in [0.3, 0.4) is 0 Å². The molecule has 0 amide bonds. The lowest BCUT2D eigenvalue weighted by Gasteiger charge is -2.21. The summed E-state index contributed by atoms with van der Waals surface area (Å²) in [6.45, 7) is 0. The SMILES string of the molecule is O=C(O)c1cn(C2CCCCC2)nc1-c1ccoc1. The van der Waals surface area contributed by atoms with Crippen LogP contribution in [0.1, 0.15) is 48.5 Å². The van der Waals surface area contributed by atoms with Gasteiger partial charge in [0.25, 0.3) is 0 Å². The van der Waals surface area contributed by atoms with E-state index < -0.39 is 5.97 Å². The van der Waals surface area contributed by atoms with Gasteiger partial charge in [-0.3, -0.25) is 4.68 Å². The molecular formula is C14H16N2O3. The number of carboxylic acid groups (broad SMARTS) is 1. The summed E-state index contributed by atoms with van der Waals surface area (Å²) in [5, 5.41) is 13.8. The van der Waals surface area contributed by atoms with E-state index in [1.807, 2.05) is 4.68 Å². The summed E-state index contributed by atoms with van der Waals surface area (Å²) >= 11 is 0. The molecule has 1 aliphatic carbocycles. The second kappa shape index (κ2) is 4.91. The van der Waals surface area contributed by atoms with Crippen molar-refractivity contribution in [2.75, 3.05) is 0 Å². The standard InChI is InChI=1S/C14H16N2O3/c17-14(18)12-8-16(11-4-2-1-3-5-11)15-13(12)10-6-7-19-9-10/h6-9,11H,1-5H2,(H,17,18). The average molecular weight is 260 g/mol. The molecule has 3 rings (SSSR count). The van der Waals surface area contributed by atoms with Crippen LogP contribution in [0.5, 0.6) is 0 Å². The summed E-state index contributed by atoms with van der Waals surface area (Å²) in [5.74, 6) is -0.946. The van der Waals surface area contributed by atoms with Crippen molar-refractivity contribution < 1.29 is 14.3 Å². The van der Waals surface area contributed by atoms with Crippen LogP contribution < -0.4 is 0 Å². The highest BCUT2D eigenvalue weighted by Crippen LogP contribution is 2.30. The van der Waals surface area contributed by atoms with Crippen molar-refractivity contribution in [3.05, 3.63) is 30.4 Å². The molecule has 0 aromatic carbocycles. The normalized spacial score (nSPS) is 16.6. The molecule has 0 aliphatic heterocycles. The summed E-state index contributed by atoms with van der Waals surface area (Å²) < 4.78 is 6.84. The Morgan fingerprint density at radius 1 is 1.37 bits per heavy atom. The largest absolute Gasteiger partial charge is 0.478 e. The molecule has 100 valence electrons. The maximum absolute atomic E-state index is 11.3. The fourth-order valence-electron chi connectivity index (χ4n) is 2.69. The molecule has 2 heterocycles. The van der Waals surface area contributed by atoms with Gasteiger partial charge in [0, 0.05) is 11.8 Å². The third-order valence-electron chi connectivity index (χ3n) is 3.71. The smallest absolute Gasteiger partial charge is 0.339 e. The van der Waals surface area contributed by atoms with E-state index >= 15 is 0 Å². The Bertz CT molecular complexity index is 566. The van der Waals surface area contributed by atoms with Crippen molar-refractivity contribution >= 4 is 5.97 Å². The lowest BCUT2D eigenvalue weighted by Crippen LogP contribution is -2.13. The van der Waals surface area contributed by atoms with Gasteiger partial charge in [-0.05, 0) is 18.9 Å². The van der Waals surface area contributed by atoms with Gasteiger partial charge in [-0.25, -0.2) is 4.79 Å². The van der Waals surface area contributed by atoms with Gasteiger partial charge in [0.1, 0.15) is 11.3 Å². The highest BCUT2D eigenvalue weighted by atomic mass is 16.4. The van der Waals surface area contributed by atoms with E-state index in [2.05, 4.69) is 5.10 Å². The molecule has 1 fully saturated rings. The zero-order valence-corrected chi connectivity index (χ0v) is 10.6. The van der Waals surface area contributed by atoms with Gasteiger partial charge in [-0.15, -0.1) is 0 Å². The van der Waals surface area contributed by atoms with Crippen LogP contribution in [0.4, 0.5) is 0 Å². The molecule has 5 heteroatoms. The molecule has 0 atom stereocenters. The molecule has 0 radical (unpaired) electrons. The number of hydrogen-bond acceptors (Lipinski definition) is 3. The van der Waals surface area contributed by atoms with E-state index in [0.29, 0.717) is 17.3 Å². The minimum atomic E-state index is -0.946. The average Bonchev–Trinajstić information content (AvgIpc) is 3.08. The molecule has 19 heavy (non-hydrogen) atoms. The van der Waals surface area contributed by atoms with E-state index in [9.17, 15) is 9.90 Å². The molecule has 2 aromatic heterocycles. The highest BCUT2D eigenvalue weighted by Gasteiger charge is 2.22. The number of nitrogens with zero attached hydrogens (tertiary/aromatic N) is 2. The monoisotopic (exact) mass is 260 g/mol. The lowest BCUT2D eigenvalue weighted by molar-refractivity contribution is 0.0697. The predicted octanol–water partition coefficient (Wildman–Crippen LogP) is 3.35. The topological polar surface area (TPSA) is 68.3 Å². The maximum Gasteiger partial charge on any atom is 0.339 e. The molecular weight excluding hydrogens is 244 g/mol. The van der Waals surface area contributed by atoms with Crippen molar-refractivity contribution in [2.45, 2.75) is 38.1 Å². The first-order valence-corrected chi connectivity index (χ1v) is 6.60. The molecule has 1 saturated carbocycles. The molecule has 0 spiro atoms. The zero-order chi connectivity index (χ0) is 13.2. The highest BCUT2D eigenvalue weighted by molar-refractivity contribution is 5.94. The van der Waals surface area contributed by atoms with Crippen molar-refractivity contribution in [1.29, 1.82) is 0 Å². The van der Waals surface area contributed by atoms with E-state index in [4.69, 9.17) is 4.42 Å². The Morgan fingerprint density at radius 2 is 2.16 bits per heavy atom. The Morgan fingerprint density at radius 3 is 2.79 bits per heavy atom. The minimum absolute atomic E-state index is 0.243. The number of rotatable bonds is 3. The van der Waals surface area contributed by atoms with E-state index in [1.165, 1.54) is 31.8 Å². The third kappa shape index (κ3) is 2.28. The quantitative estimate of drug-likeness (QED) is 0.918. The Hall–Kier alpha value is -2.04. The van der Waals surface area contributed by atoms with Crippen LogP contribution in [0.2, 0.25) is 0 Å². The molecule has 5 nitrogen and oxygen atoms in total. The number of aromatic carboxylic acids is 1. The Kier molecular flexibility index (Phi) is 3.11. The maximum atomic E-state index is 11.3. The van der Waals surface area contributed by atoms with Crippen molar-refractivity contribution in [3.8, 4) is 11.3 Å². The van der Waals surface area contributed by atoms with Crippen LogP contribution in [0.15, 0.2) is 29.2 Å². The van der Waals surface area contributed by atoms with Gasteiger partial charge in [0.15, 0.2) is 0 Å². The fraction of sp³-hybridized carbons (Fsp3) is 0.429. The fourth-order valence-corrected chi connectivity index (χ4v) is 2.69. The first kappa shape index (κ1) is 12.0. The summed E-state index contributed by atoms with van der Waals surface area (Å²) in [4.78, 5) is 11.3. The molecule has 0 bridgehead atoms. The van der Waals surface area contributed by atoms with Crippen LogP contribution in [0, 0.1) is 0 Å². The van der Waals surface area contributed by atoms with Gasteiger partial charge in [0.05, 0.1) is 18.6 Å². The van der Waals surface area contributed by atoms with Gasteiger partial charge in [-0.2, -0.15) is 5.10 Å². The van der Waals surface area contributed by atoms with Crippen LogP contribution >= 0.6 is 0 Å². The van der Waals surface area contributed by atoms with Gasteiger partial charge in [-0.1, -0.05) is 19.3 Å². The van der Waals surface area contributed by atoms with Crippen molar-refractivity contribution in [3.63, 3.8) is 0 Å². The lowest BCUT2D eigenvalue weighted by atomic mass is 9.96. The van der Waals surface area contributed by atoms with Crippen molar-refractivity contribution in [1.82, 2.24) is 9.78 Å². The molecule has 1 aliphatic rings. The second-order valence-corrected chi connectivity index (χ2v) is 4.98. The summed E-state index contributed by atoms with van der Waals surface area (Å²) in [6.07, 6.45) is 10.5. The minimum Gasteiger partial charge on any atom is -0.478 e. The number of aromatic nitrogens is 2. The van der Waals surface area contributed by atoms with Gasteiger partial charge >= 0.3 is 5.97 Å². The zero-order valence-electron chi connectivity index (χ0n) is 10.6. The van der Waals surface area contributed by atoms with Crippen molar-refractivity contribution in [2.24, 2.45) is 0 Å². The Balaban J connectivity index is 1.99. The first-order chi connectivity index (χ1) is 9.25. The van der Waals surface area contributed by atoms with Crippen LogP contribution in [-0.2, 0) is 0 Å². The Labute approximate surface area is 110 Å². The molecule has 2 aromatic rings. The number of carboxylic acids is 1.